The Kier molecular flexibility index (Phi) is 3.27. The van der Waals surface area contributed by atoms with Crippen molar-refractivity contribution in [3.8, 4) is 0 Å². The third-order valence-electron chi connectivity index (χ3n) is 5.40. The number of nitrogens with zero attached hydrogens (tertiary/aromatic N) is 4. The number of aromatic nitrogens is 5. The van der Waals surface area contributed by atoms with Gasteiger partial charge >= 0.3 is 0 Å². The van der Waals surface area contributed by atoms with E-state index < -0.39 is 5.54 Å². The highest BCUT2D eigenvalue weighted by atomic mass is 15.2. The minimum atomic E-state index is -0.437. The first-order valence-electron chi connectivity index (χ1n) is 8.91. The number of aryl methyl sites for hydroxylation is 1. The monoisotopic (exact) mass is 347 g/mol. The van der Waals surface area contributed by atoms with Crippen LogP contribution in [0.15, 0.2) is 36.8 Å². The van der Waals surface area contributed by atoms with Gasteiger partial charge in [0.1, 0.15) is 23.6 Å². The van der Waals surface area contributed by atoms with Crippen LogP contribution in [0.1, 0.15) is 24.2 Å². The van der Waals surface area contributed by atoms with E-state index in [2.05, 4.69) is 43.9 Å². The molecule has 4 heterocycles. The van der Waals surface area contributed by atoms with Gasteiger partial charge in [-0.2, -0.15) is 0 Å². The van der Waals surface area contributed by atoms with Crippen LogP contribution in [0.5, 0.6) is 0 Å². The van der Waals surface area contributed by atoms with Gasteiger partial charge < -0.3 is 20.6 Å². The highest BCUT2D eigenvalue weighted by Crippen LogP contribution is 2.33. The zero-order chi connectivity index (χ0) is 17.7. The molecule has 0 amide bonds. The molecule has 0 atom stereocenters. The lowest BCUT2D eigenvalue weighted by molar-refractivity contribution is 0.327. The molecule has 0 bridgehead atoms. The Morgan fingerprint density at radius 1 is 1.15 bits per heavy atom. The Balaban J connectivity index is 1.42. The van der Waals surface area contributed by atoms with Gasteiger partial charge in [0, 0.05) is 19.3 Å². The third-order valence-corrected chi connectivity index (χ3v) is 5.40. The zero-order valence-electron chi connectivity index (χ0n) is 14.7. The Labute approximate surface area is 150 Å². The molecule has 26 heavy (non-hydrogen) atoms. The number of hydrogen-bond acceptors (Lipinski definition) is 5. The number of imidazole rings is 1. The van der Waals surface area contributed by atoms with Gasteiger partial charge in [0.25, 0.3) is 0 Å². The lowest BCUT2D eigenvalue weighted by atomic mass is 9.88. The number of rotatable bonds is 2. The summed E-state index contributed by atoms with van der Waals surface area (Å²) in [6, 6.07) is 8.27. The van der Waals surface area contributed by atoms with E-state index in [0.717, 1.165) is 59.6 Å². The van der Waals surface area contributed by atoms with E-state index in [9.17, 15) is 0 Å². The molecule has 4 N–H and O–H groups in total. The largest absolute Gasteiger partial charge is 0.356 e. The van der Waals surface area contributed by atoms with Gasteiger partial charge in [0.15, 0.2) is 0 Å². The number of anilines is 1. The summed E-state index contributed by atoms with van der Waals surface area (Å²) in [6.45, 7) is 3.76. The molecule has 4 aromatic rings. The second kappa shape index (κ2) is 5.54. The molecule has 132 valence electrons. The van der Waals surface area contributed by atoms with Gasteiger partial charge in [0.05, 0.1) is 22.0 Å². The van der Waals surface area contributed by atoms with Crippen molar-refractivity contribution < 1.29 is 0 Å². The number of benzene rings is 1. The fraction of sp³-hybridized carbons (Fsp3) is 0.316. The second-order valence-electron chi connectivity index (χ2n) is 7.19. The quantitative estimate of drug-likeness (QED) is 0.517. The Morgan fingerprint density at radius 3 is 2.85 bits per heavy atom. The number of H-pyrrole nitrogens is 2. The summed E-state index contributed by atoms with van der Waals surface area (Å²) < 4.78 is 0. The van der Waals surface area contributed by atoms with E-state index >= 15 is 0 Å². The summed E-state index contributed by atoms with van der Waals surface area (Å²) in [5.41, 5.74) is 10.4. The standard InChI is InChI=1S/C19H21N7/c1-12-2-3-14-15(10-12)25-18(24-14)19(20)5-8-26(9-6-19)17-13-4-7-21-16(13)22-11-23-17/h2-4,7,10-11H,5-6,8-9,20H2,1H3,(H,24,25)(H,21,22,23). The van der Waals surface area contributed by atoms with E-state index in [1.165, 1.54) is 5.56 Å². The molecule has 0 saturated carbocycles. The molecule has 1 aliphatic rings. The third kappa shape index (κ3) is 2.35. The number of aromatic amines is 2. The fourth-order valence-corrected chi connectivity index (χ4v) is 3.82. The van der Waals surface area contributed by atoms with Crippen molar-refractivity contribution in [1.29, 1.82) is 0 Å². The van der Waals surface area contributed by atoms with Crippen LogP contribution in [0.4, 0.5) is 5.82 Å². The molecule has 1 aliphatic heterocycles. The summed E-state index contributed by atoms with van der Waals surface area (Å²) in [5.74, 6) is 1.85. The molecular formula is C19H21N7. The number of nitrogens with one attached hydrogen (secondary N) is 2. The highest BCUT2D eigenvalue weighted by molar-refractivity contribution is 5.87. The summed E-state index contributed by atoms with van der Waals surface area (Å²) in [4.78, 5) is 22.4. The van der Waals surface area contributed by atoms with Crippen LogP contribution in [-0.4, -0.2) is 38.0 Å². The van der Waals surface area contributed by atoms with Crippen LogP contribution in [-0.2, 0) is 5.54 Å². The van der Waals surface area contributed by atoms with E-state index in [1.54, 1.807) is 6.33 Å². The number of hydrogen-bond donors (Lipinski definition) is 3. The molecule has 1 saturated heterocycles. The van der Waals surface area contributed by atoms with Crippen molar-refractivity contribution in [3.05, 3.63) is 48.2 Å². The number of nitrogens with two attached hydrogens (primary N) is 1. The second-order valence-corrected chi connectivity index (χ2v) is 7.19. The molecule has 7 heteroatoms. The Morgan fingerprint density at radius 2 is 2.00 bits per heavy atom. The van der Waals surface area contributed by atoms with E-state index in [4.69, 9.17) is 10.7 Å². The van der Waals surface area contributed by atoms with E-state index in [0.29, 0.717) is 0 Å². The number of fused-ring (bicyclic) bond motifs is 2. The Hall–Kier alpha value is -2.93. The summed E-state index contributed by atoms with van der Waals surface area (Å²) >= 11 is 0. The minimum Gasteiger partial charge on any atom is -0.356 e. The molecule has 3 aromatic heterocycles. The molecule has 0 radical (unpaired) electrons. The fourth-order valence-electron chi connectivity index (χ4n) is 3.82. The van der Waals surface area contributed by atoms with Crippen LogP contribution in [0, 0.1) is 6.92 Å². The van der Waals surface area contributed by atoms with Crippen molar-refractivity contribution in [2.45, 2.75) is 25.3 Å². The maximum atomic E-state index is 6.76. The molecule has 0 aliphatic carbocycles. The highest BCUT2D eigenvalue weighted by Gasteiger charge is 2.36. The van der Waals surface area contributed by atoms with Gasteiger partial charge in [-0.1, -0.05) is 6.07 Å². The van der Waals surface area contributed by atoms with Crippen LogP contribution >= 0.6 is 0 Å². The topological polar surface area (TPSA) is 99.5 Å². The Bertz CT molecular complexity index is 1090. The van der Waals surface area contributed by atoms with Gasteiger partial charge in [0.2, 0.25) is 0 Å². The maximum absolute atomic E-state index is 6.76. The summed E-state index contributed by atoms with van der Waals surface area (Å²) in [6.07, 6.45) is 5.15. The lowest BCUT2D eigenvalue weighted by Crippen LogP contribution is -2.49. The molecule has 1 fully saturated rings. The van der Waals surface area contributed by atoms with Crippen molar-refractivity contribution >= 4 is 27.9 Å². The lowest BCUT2D eigenvalue weighted by Gasteiger charge is -2.38. The van der Waals surface area contributed by atoms with Gasteiger partial charge in [-0.25, -0.2) is 15.0 Å². The predicted octanol–water partition coefficient (Wildman–Crippen LogP) is 2.60. The molecule has 7 nitrogen and oxygen atoms in total. The van der Waals surface area contributed by atoms with Crippen LogP contribution < -0.4 is 10.6 Å². The van der Waals surface area contributed by atoms with Crippen molar-refractivity contribution in [2.24, 2.45) is 5.73 Å². The average molecular weight is 347 g/mol. The van der Waals surface area contributed by atoms with Gasteiger partial charge in [-0.15, -0.1) is 0 Å². The van der Waals surface area contributed by atoms with Crippen molar-refractivity contribution in [1.82, 2.24) is 24.9 Å². The molecule has 0 unspecified atom stereocenters. The van der Waals surface area contributed by atoms with Crippen LogP contribution in [0.25, 0.3) is 22.1 Å². The molecule has 0 spiro atoms. The zero-order valence-corrected chi connectivity index (χ0v) is 14.7. The molecule has 5 rings (SSSR count). The first-order chi connectivity index (χ1) is 12.6. The normalized spacial score (nSPS) is 17.2. The van der Waals surface area contributed by atoms with Gasteiger partial charge in [-0.05, 0) is 43.5 Å². The SMILES string of the molecule is Cc1ccc2nc(C3(N)CCN(c4ncnc5[nH]ccc45)CC3)[nH]c2c1. The molecular weight excluding hydrogens is 326 g/mol. The first-order valence-corrected chi connectivity index (χ1v) is 8.91. The smallest absolute Gasteiger partial charge is 0.142 e. The summed E-state index contributed by atoms with van der Waals surface area (Å²) in [5, 5.41) is 1.05. The summed E-state index contributed by atoms with van der Waals surface area (Å²) in [7, 11) is 0. The van der Waals surface area contributed by atoms with E-state index in [-0.39, 0.29) is 0 Å². The average Bonchev–Trinajstić information content (AvgIpc) is 3.28. The first kappa shape index (κ1) is 15.3. The number of piperidine rings is 1. The van der Waals surface area contributed by atoms with Crippen molar-refractivity contribution in [2.75, 3.05) is 18.0 Å². The predicted molar refractivity (Wildman–Crippen MR) is 102 cm³/mol. The minimum absolute atomic E-state index is 0.437. The maximum Gasteiger partial charge on any atom is 0.142 e. The van der Waals surface area contributed by atoms with Crippen LogP contribution in [0.2, 0.25) is 0 Å². The van der Waals surface area contributed by atoms with Crippen molar-refractivity contribution in [3.63, 3.8) is 0 Å². The van der Waals surface area contributed by atoms with Gasteiger partial charge in [-0.3, -0.25) is 0 Å². The van der Waals surface area contributed by atoms with E-state index in [1.807, 2.05) is 18.3 Å². The van der Waals surface area contributed by atoms with Crippen LogP contribution in [0.3, 0.4) is 0 Å². The molecule has 1 aromatic carbocycles.